The minimum absolute atomic E-state index is 0.171. The van der Waals surface area contributed by atoms with Crippen molar-refractivity contribution in [2.45, 2.75) is 38.6 Å². The van der Waals surface area contributed by atoms with Gasteiger partial charge < -0.3 is 0 Å². The molecule has 2 amide bonds. The Morgan fingerprint density at radius 2 is 1.82 bits per heavy atom. The van der Waals surface area contributed by atoms with Gasteiger partial charge in [-0.15, -0.1) is 0 Å². The zero-order valence-corrected chi connectivity index (χ0v) is 10.1. The van der Waals surface area contributed by atoms with Gasteiger partial charge in [0.1, 0.15) is 5.54 Å². The Bertz CT molecular complexity index is 409. The van der Waals surface area contributed by atoms with Gasteiger partial charge in [0.05, 0.1) is 17.9 Å². The predicted octanol–water partition coefficient (Wildman–Crippen LogP) is 1.63. The summed E-state index contributed by atoms with van der Waals surface area (Å²) in [5.41, 5.74) is -0.995. The summed E-state index contributed by atoms with van der Waals surface area (Å²) in [5, 5.41) is 9.20. The van der Waals surface area contributed by atoms with Crippen LogP contribution in [-0.4, -0.2) is 22.3 Å². The van der Waals surface area contributed by atoms with Crippen LogP contribution in [0.1, 0.15) is 33.1 Å². The van der Waals surface area contributed by atoms with Crippen molar-refractivity contribution in [1.29, 1.82) is 5.26 Å². The highest BCUT2D eigenvalue weighted by Gasteiger charge is 2.53. The molecule has 0 bridgehead atoms. The lowest BCUT2D eigenvalue weighted by atomic mass is 9.85. The number of carbonyl (C=O) groups is 2. The molecule has 3 atom stereocenters. The number of imide groups is 1. The van der Waals surface area contributed by atoms with Gasteiger partial charge >= 0.3 is 0 Å². The van der Waals surface area contributed by atoms with E-state index < -0.39 is 5.54 Å². The van der Waals surface area contributed by atoms with Crippen molar-refractivity contribution in [2.75, 3.05) is 0 Å². The Balaban J connectivity index is 2.36. The number of rotatable bonds is 2. The summed E-state index contributed by atoms with van der Waals surface area (Å²) >= 11 is 0. The SMILES string of the molecule is CCC(C)(C#N)N1C(=O)[C@H]2CC=CC[C@H]2C1=O. The summed E-state index contributed by atoms with van der Waals surface area (Å²) in [7, 11) is 0. The maximum Gasteiger partial charge on any atom is 0.234 e. The zero-order valence-electron chi connectivity index (χ0n) is 10.1. The lowest BCUT2D eigenvalue weighted by molar-refractivity contribution is -0.144. The van der Waals surface area contributed by atoms with Gasteiger partial charge in [-0.3, -0.25) is 14.5 Å². The van der Waals surface area contributed by atoms with Gasteiger partial charge in [-0.25, -0.2) is 0 Å². The maximum absolute atomic E-state index is 12.2. The van der Waals surface area contributed by atoms with E-state index >= 15 is 0 Å². The predicted molar refractivity (Wildman–Crippen MR) is 61.5 cm³/mol. The van der Waals surface area contributed by atoms with Crippen LogP contribution in [0.25, 0.3) is 0 Å². The first-order chi connectivity index (χ1) is 8.05. The topological polar surface area (TPSA) is 61.2 Å². The van der Waals surface area contributed by atoms with Crippen LogP contribution >= 0.6 is 0 Å². The number of nitriles is 1. The summed E-state index contributed by atoms with van der Waals surface area (Å²) in [5.74, 6) is -0.830. The van der Waals surface area contributed by atoms with Crippen LogP contribution in [0.5, 0.6) is 0 Å². The molecule has 17 heavy (non-hydrogen) atoms. The highest BCUT2D eigenvalue weighted by molar-refractivity contribution is 6.06. The van der Waals surface area contributed by atoms with Crippen molar-refractivity contribution < 1.29 is 9.59 Å². The molecular weight excluding hydrogens is 216 g/mol. The smallest absolute Gasteiger partial charge is 0.234 e. The lowest BCUT2D eigenvalue weighted by Gasteiger charge is -2.30. The molecular formula is C13H16N2O2. The van der Waals surface area contributed by atoms with Crippen molar-refractivity contribution in [3.8, 4) is 6.07 Å². The third-order valence-electron chi connectivity index (χ3n) is 3.93. The molecule has 0 saturated carbocycles. The molecule has 0 aromatic rings. The highest BCUT2D eigenvalue weighted by atomic mass is 16.2. The van der Waals surface area contributed by atoms with E-state index in [2.05, 4.69) is 6.07 Å². The number of fused-ring (bicyclic) bond motifs is 1. The van der Waals surface area contributed by atoms with Crippen molar-refractivity contribution in [1.82, 2.24) is 4.90 Å². The second-order valence-corrected chi connectivity index (χ2v) is 4.91. The first-order valence-corrected chi connectivity index (χ1v) is 5.99. The van der Waals surface area contributed by atoms with Crippen molar-refractivity contribution in [2.24, 2.45) is 11.8 Å². The number of hydrogen-bond donors (Lipinski definition) is 0. The number of likely N-dealkylation sites (tertiary alicyclic amines) is 1. The fourth-order valence-corrected chi connectivity index (χ4v) is 2.57. The standard InChI is InChI=1S/C13H16N2O2/c1-3-13(2,8-14)15-11(16)9-6-4-5-7-10(9)12(15)17/h4-5,9-10H,3,6-7H2,1-2H3/t9-,10+,13?. The summed E-state index contributed by atoms with van der Waals surface area (Å²) in [6.07, 6.45) is 5.61. The normalized spacial score (nSPS) is 31.0. The average molecular weight is 232 g/mol. The van der Waals surface area contributed by atoms with Crippen LogP contribution < -0.4 is 0 Å². The summed E-state index contributed by atoms with van der Waals surface area (Å²) in [4.78, 5) is 25.7. The van der Waals surface area contributed by atoms with E-state index in [9.17, 15) is 14.9 Å². The Morgan fingerprint density at radius 1 is 1.35 bits per heavy atom. The molecule has 4 nitrogen and oxygen atoms in total. The quantitative estimate of drug-likeness (QED) is 0.537. The van der Waals surface area contributed by atoms with Crippen molar-refractivity contribution in [3.05, 3.63) is 12.2 Å². The van der Waals surface area contributed by atoms with Crippen molar-refractivity contribution in [3.63, 3.8) is 0 Å². The molecule has 2 aliphatic rings. The fourth-order valence-electron chi connectivity index (χ4n) is 2.57. The Labute approximate surface area is 101 Å². The molecule has 2 rings (SSSR count). The Morgan fingerprint density at radius 3 is 2.18 bits per heavy atom. The largest absolute Gasteiger partial charge is 0.274 e. The molecule has 1 saturated heterocycles. The van der Waals surface area contributed by atoms with Crippen LogP contribution in [-0.2, 0) is 9.59 Å². The van der Waals surface area contributed by atoms with Crippen LogP contribution in [0.2, 0.25) is 0 Å². The molecule has 0 radical (unpaired) electrons. The molecule has 0 N–H and O–H groups in total. The molecule has 1 heterocycles. The molecule has 4 heteroatoms. The molecule has 1 fully saturated rings. The molecule has 90 valence electrons. The van der Waals surface area contributed by atoms with Crippen LogP contribution in [0.3, 0.4) is 0 Å². The molecule has 1 aliphatic carbocycles. The monoisotopic (exact) mass is 232 g/mol. The van der Waals surface area contributed by atoms with Crippen LogP contribution in [0.4, 0.5) is 0 Å². The minimum atomic E-state index is -0.995. The van der Waals surface area contributed by atoms with Gasteiger partial charge in [-0.1, -0.05) is 19.1 Å². The average Bonchev–Trinajstić information content (AvgIpc) is 2.62. The second-order valence-electron chi connectivity index (χ2n) is 4.91. The van der Waals surface area contributed by atoms with Gasteiger partial charge in [0.15, 0.2) is 0 Å². The van der Waals surface area contributed by atoms with Gasteiger partial charge in [0.2, 0.25) is 11.8 Å². The van der Waals surface area contributed by atoms with Gasteiger partial charge in [0.25, 0.3) is 0 Å². The maximum atomic E-state index is 12.2. The van der Waals surface area contributed by atoms with E-state index in [1.807, 2.05) is 19.1 Å². The number of amides is 2. The number of hydrogen-bond acceptors (Lipinski definition) is 3. The highest BCUT2D eigenvalue weighted by Crippen LogP contribution is 2.39. The van der Waals surface area contributed by atoms with E-state index in [0.717, 1.165) is 0 Å². The lowest BCUT2D eigenvalue weighted by Crippen LogP contribution is -2.49. The van der Waals surface area contributed by atoms with Crippen LogP contribution in [0.15, 0.2) is 12.2 Å². The summed E-state index contributed by atoms with van der Waals surface area (Å²) in [6.45, 7) is 3.48. The third kappa shape index (κ3) is 1.57. The molecule has 1 aliphatic heterocycles. The zero-order chi connectivity index (χ0) is 12.6. The number of carbonyl (C=O) groups excluding carboxylic acids is 2. The van der Waals surface area contributed by atoms with Crippen LogP contribution in [0, 0.1) is 23.2 Å². The van der Waals surface area contributed by atoms with Gasteiger partial charge in [-0.05, 0) is 26.2 Å². The molecule has 1 unspecified atom stereocenters. The molecule has 0 spiro atoms. The Kier molecular flexibility index (Phi) is 2.78. The first kappa shape index (κ1) is 11.8. The second kappa shape index (κ2) is 3.99. The van der Waals surface area contributed by atoms with Crippen molar-refractivity contribution >= 4 is 11.8 Å². The number of nitrogens with zero attached hydrogens (tertiary/aromatic N) is 2. The summed E-state index contributed by atoms with van der Waals surface area (Å²) in [6, 6.07) is 2.10. The fraction of sp³-hybridized carbons (Fsp3) is 0.615. The number of allylic oxidation sites excluding steroid dienone is 2. The minimum Gasteiger partial charge on any atom is -0.274 e. The first-order valence-electron chi connectivity index (χ1n) is 5.99. The van der Waals surface area contributed by atoms with Gasteiger partial charge in [0, 0.05) is 0 Å². The Hall–Kier alpha value is -1.63. The van der Waals surface area contributed by atoms with Gasteiger partial charge in [-0.2, -0.15) is 5.26 Å². The van der Waals surface area contributed by atoms with E-state index in [-0.39, 0.29) is 23.7 Å². The summed E-state index contributed by atoms with van der Waals surface area (Å²) < 4.78 is 0. The van der Waals surface area contributed by atoms with E-state index in [1.165, 1.54) is 4.90 Å². The molecule has 0 aromatic heterocycles. The van der Waals surface area contributed by atoms with E-state index in [4.69, 9.17) is 0 Å². The third-order valence-corrected chi connectivity index (χ3v) is 3.93. The van der Waals surface area contributed by atoms with E-state index in [0.29, 0.717) is 19.3 Å². The van der Waals surface area contributed by atoms with E-state index in [1.54, 1.807) is 6.92 Å². The molecule has 0 aromatic carbocycles.